The number of esters is 1. The van der Waals surface area contributed by atoms with E-state index in [1.165, 1.54) is 12.7 Å². The predicted octanol–water partition coefficient (Wildman–Crippen LogP) is 4.43. The number of carbonyl (C=O) groups excluding carboxylic acids is 2. The minimum absolute atomic E-state index is 0.0399. The molecule has 1 saturated heterocycles. The molecule has 0 aromatic heterocycles. The van der Waals surface area contributed by atoms with Crippen LogP contribution in [0.3, 0.4) is 0 Å². The van der Waals surface area contributed by atoms with Crippen molar-refractivity contribution in [3.8, 4) is 16.9 Å². The van der Waals surface area contributed by atoms with Crippen LogP contribution in [0, 0.1) is 10.8 Å². The molecule has 3 aromatic carbocycles. The lowest BCUT2D eigenvalue weighted by Gasteiger charge is -2.25. The van der Waals surface area contributed by atoms with E-state index in [1.54, 1.807) is 11.8 Å². The highest BCUT2D eigenvalue weighted by Crippen LogP contribution is 2.37. The molecular formula is C30H33N3O4. The molecule has 0 spiro atoms. The van der Waals surface area contributed by atoms with E-state index in [-0.39, 0.29) is 24.4 Å². The van der Waals surface area contributed by atoms with Crippen LogP contribution >= 0.6 is 0 Å². The third kappa shape index (κ3) is 5.82. The highest BCUT2D eigenvalue weighted by atomic mass is 16.5. The van der Waals surface area contributed by atoms with Crippen LogP contribution in [0.25, 0.3) is 11.1 Å². The van der Waals surface area contributed by atoms with E-state index in [0.29, 0.717) is 24.3 Å². The lowest BCUT2D eigenvalue weighted by molar-refractivity contribution is -0.157. The molecule has 1 amide bonds. The first-order chi connectivity index (χ1) is 17.8. The molecule has 1 heterocycles. The number of methoxy groups -OCH3 is 1. The minimum atomic E-state index is -1.20. The minimum Gasteiger partial charge on any atom is -0.491 e. The zero-order valence-electron chi connectivity index (χ0n) is 21.3. The van der Waals surface area contributed by atoms with E-state index in [1.807, 2.05) is 66.7 Å². The van der Waals surface area contributed by atoms with Crippen LogP contribution in [0.1, 0.15) is 30.9 Å². The summed E-state index contributed by atoms with van der Waals surface area (Å²) in [4.78, 5) is 27.6. The van der Waals surface area contributed by atoms with E-state index >= 15 is 0 Å². The Labute approximate surface area is 217 Å². The molecule has 0 aliphatic carbocycles. The van der Waals surface area contributed by atoms with Gasteiger partial charge in [-0.05, 0) is 55.0 Å². The Morgan fingerprint density at radius 1 is 1.03 bits per heavy atom. The molecule has 7 heteroatoms. The predicted molar refractivity (Wildman–Crippen MR) is 143 cm³/mol. The second-order valence-corrected chi connectivity index (χ2v) is 9.60. The van der Waals surface area contributed by atoms with Crippen molar-refractivity contribution < 1.29 is 19.1 Å². The maximum atomic E-state index is 13.3. The van der Waals surface area contributed by atoms with Crippen LogP contribution in [0.4, 0.5) is 0 Å². The highest BCUT2D eigenvalue weighted by molar-refractivity contribution is 6.04. The molecule has 4 rings (SSSR count). The Hall–Kier alpha value is -4.13. The second kappa shape index (κ2) is 11.3. The average molecular weight is 500 g/mol. The number of nitrogens with zero attached hydrogens (tertiary/aromatic N) is 1. The number of aryl methyl sites for hydroxylation is 1. The van der Waals surface area contributed by atoms with Crippen molar-refractivity contribution in [2.24, 2.45) is 11.1 Å². The van der Waals surface area contributed by atoms with E-state index in [2.05, 4.69) is 12.1 Å². The summed E-state index contributed by atoms with van der Waals surface area (Å²) in [6, 6.07) is 25.1. The molecule has 3 N–H and O–H groups in total. The Morgan fingerprint density at radius 2 is 1.65 bits per heavy atom. The van der Waals surface area contributed by atoms with E-state index in [9.17, 15) is 9.59 Å². The summed E-state index contributed by atoms with van der Waals surface area (Å²) in [5.41, 5.74) is 8.26. The summed E-state index contributed by atoms with van der Waals surface area (Å²) in [6.07, 6.45) is 1.99. The number of rotatable bonds is 10. The maximum Gasteiger partial charge on any atom is 0.321 e. The summed E-state index contributed by atoms with van der Waals surface area (Å²) in [7, 11) is 1.32. The van der Waals surface area contributed by atoms with Crippen molar-refractivity contribution in [3.05, 3.63) is 90.0 Å². The average Bonchev–Trinajstić information content (AvgIpc) is 3.18. The SMILES string of the molecule is COC(=O)[C@]1(C)C[C@@H](COc2ccc(-c3ccc(C(=N)N)cc3)cc2)N(CCCc2ccccc2)C1=O. The summed E-state index contributed by atoms with van der Waals surface area (Å²) in [5.74, 6) is 0.0177. The molecule has 2 atom stereocenters. The van der Waals surface area contributed by atoms with Gasteiger partial charge in [0.05, 0.1) is 13.2 Å². The zero-order valence-corrected chi connectivity index (χ0v) is 21.3. The number of hydrogen-bond acceptors (Lipinski definition) is 5. The Balaban J connectivity index is 1.42. The number of carbonyl (C=O) groups is 2. The molecule has 3 aromatic rings. The third-order valence-corrected chi connectivity index (χ3v) is 6.99. The number of amides is 1. The molecule has 192 valence electrons. The van der Waals surface area contributed by atoms with Gasteiger partial charge in [0, 0.05) is 12.1 Å². The van der Waals surface area contributed by atoms with Crippen molar-refractivity contribution in [2.45, 2.75) is 32.2 Å². The number of benzene rings is 3. The van der Waals surface area contributed by atoms with Crippen LogP contribution in [0.2, 0.25) is 0 Å². The van der Waals surface area contributed by atoms with Gasteiger partial charge in [-0.15, -0.1) is 0 Å². The van der Waals surface area contributed by atoms with Gasteiger partial charge in [0.1, 0.15) is 23.6 Å². The van der Waals surface area contributed by atoms with Gasteiger partial charge in [-0.2, -0.15) is 0 Å². The summed E-state index contributed by atoms with van der Waals surface area (Å²) in [5, 5.41) is 7.53. The van der Waals surface area contributed by atoms with Gasteiger partial charge < -0.3 is 20.1 Å². The normalized spacial score (nSPS) is 19.0. The molecule has 0 unspecified atom stereocenters. The molecule has 1 aliphatic heterocycles. The van der Waals surface area contributed by atoms with E-state index < -0.39 is 11.4 Å². The van der Waals surface area contributed by atoms with Gasteiger partial charge in [0.25, 0.3) is 0 Å². The van der Waals surface area contributed by atoms with Gasteiger partial charge in [-0.1, -0.05) is 66.7 Å². The summed E-state index contributed by atoms with van der Waals surface area (Å²) < 4.78 is 11.1. The van der Waals surface area contributed by atoms with E-state index in [4.69, 9.17) is 20.6 Å². The Kier molecular flexibility index (Phi) is 7.92. The monoisotopic (exact) mass is 499 g/mol. The molecule has 0 bridgehead atoms. The Morgan fingerprint density at radius 3 is 2.24 bits per heavy atom. The zero-order chi connectivity index (χ0) is 26.4. The molecule has 7 nitrogen and oxygen atoms in total. The second-order valence-electron chi connectivity index (χ2n) is 9.60. The van der Waals surface area contributed by atoms with Crippen LogP contribution < -0.4 is 10.5 Å². The molecule has 1 fully saturated rings. The summed E-state index contributed by atoms with van der Waals surface area (Å²) >= 11 is 0. The lowest BCUT2D eigenvalue weighted by Crippen LogP contribution is -2.41. The van der Waals surface area contributed by atoms with Crippen LogP contribution in [0.15, 0.2) is 78.9 Å². The van der Waals surface area contributed by atoms with Crippen LogP contribution in [-0.2, 0) is 20.7 Å². The van der Waals surface area contributed by atoms with Gasteiger partial charge in [0.15, 0.2) is 0 Å². The third-order valence-electron chi connectivity index (χ3n) is 6.99. The number of ether oxygens (including phenoxy) is 2. The fourth-order valence-electron chi connectivity index (χ4n) is 4.86. The summed E-state index contributed by atoms with van der Waals surface area (Å²) in [6.45, 7) is 2.50. The quantitative estimate of drug-likeness (QED) is 0.186. The van der Waals surface area contributed by atoms with Gasteiger partial charge in [-0.3, -0.25) is 15.0 Å². The number of amidine groups is 1. The van der Waals surface area contributed by atoms with Crippen molar-refractivity contribution >= 4 is 17.7 Å². The lowest BCUT2D eigenvalue weighted by atomic mass is 9.87. The van der Waals surface area contributed by atoms with Gasteiger partial charge >= 0.3 is 5.97 Å². The first-order valence-corrected chi connectivity index (χ1v) is 12.4. The molecular weight excluding hydrogens is 466 g/mol. The van der Waals surface area contributed by atoms with E-state index in [0.717, 1.165) is 24.0 Å². The number of nitrogen functional groups attached to an aromatic ring is 1. The van der Waals surface area contributed by atoms with Crippen LogP contribution in [-0.4, -0.2) is 48.9 Å². The topological polar surface area (TPSA) is 106 Å². The molecule has 37 heavy (non-hydrogen) atoms. The molecule has 0 saturated carbocycles. The molecule has 0 radical (unpaired) electrons. The number of nitrogens with two attached hydrogens (primary N) is 1. The van der Waals surface area contributed by atoms with Crippen molar-refractivity contribution in [3.63, 3.8) is 0 Å². The standard InChI is InChI=1S/C30H33N3O4/c1-30(29(35)36-2)19-25(33(28(30)34)18-6-9-21-7-4-3-5-8-21)20-37-26-16-14-23(15-17-26)22-10-12-24(13-11-22)27(31)32/h3-5,7-8,10-17,25H,6,9,18-20H2,1-2H3,(H3,31,32)/t25-,30+/m0/s1. The highest BCUT2D eigenvalue weighted by Gasteiger charge is 2.54. The Bertz CT molecular complexity index is 1240. The fraction of sp³-hybridized carbons (Fsp3) is 0.300. The first kappa shape index (κ1) is 25.9. The maximum absolute atomic E-state index is 13.3. The number of nitrogens with one attached hydrogen (secondary N) is 1. The molecule has 1 aliphatic rings. The smallest absolute Gasteiger partial charge is 0.321 e. The fourth-order valence-corrected chi connectivity index (χ4v) is 4.86. The van der Waals surface area contributed by atoms with Crippen molar-refractivity contribution in [2.75, 3.05) is 20.3 Å². The largest absolute Gasteiger partial charge is 0.491 e. The number of likely N-dealkylation sites (tertiary alicyclic amines) is 1. The number of hydrogen-bond donors (Lipinski definition) is 2. The van der Waals surface area contributed by atoms with Gasteiger partial charge in [0.2, 0.25) is 5.91 Å². The van der Waals surface area contributed by atoms with Crippen molar-refractivity contribution in [1.29, 1.82) is 5.41 Å². The first-order valence-electron chi connectivity index (χ1n) is 12.4. The van der Waals surface area contributed by atoms with Crippen LogP contribution in [0.5, 0.6) is 5.75 Å². The van der Waals surface area contributed by atoms with Gasteiger partial charge in [-0.25, -0.2) is 0 Å². The van der Waals surface area contributed by atoms with Crippen molar-refractivity contribution in [1.82, 2.24) is 4.90 Å².